The van der Waals surface area contributed by atoms with Gasteiger partial charge in [0.1, 0.15) is 5.54 Å². The second-order valence-corrected chi connectivity index (χ2v) is 5.63. The average Bonchev–Trinajstić information content (AvgIpc) is 2.16. The molecule has 0 spiro atoms. The molecule has 88 valence electrons. The van der Waals surface area contributed by atoms with Crippen molar-refractivity contribution < 1.29 is 13.6 Å². The summed E-state index contributed by atoms with van der Waals surface area (Å²) >= 11 is 0. The highest BCUT2D eigenvalue weighted by molar-refractivity contribution is 7.53. The van der Waals surface area contributed by atoms with Crippen LogP contribution in [0.4, 0.5) is 0 Å². The van der Waals surface area contributed by atoms with E-state index in [0.29, 0.717) is 19.6 Å². The van der Waals surface area contributed by atoms with E-state index in [1.54, 1.807) is 20.8 Å². The summed E-state index contributed by atoms with van der Waals surface area (Å²) in [5.74, 6) is 0. The van der Waals surface area contributed by atoms with Crippen LogP contribution in [0.3, 0.4) is 0 Å². The van der Waals surface area contributed by atoms with E-state index in [1.807, 2.05) is 6.07 Å². The molecule has 0 aromatic carbocycles. The van der Waals surface area contributed by atoms with Gasteiger partial charge in [-0.3, -0.25) is 4.57 Å². The molecule has 5 nitrogen and oxygen atoms in total. The summed E-state index contributed by atoms with van der Waals surface area (Å²) in [6.45, 7) is 5.74. The van der Waals surface area contributed by atoms with Crippen molar-refractivity contribution in [2.24, 2.45) is 5.73 Å². The van der Waals surface area contributed by atoms with Crippen LogP contribution in [0, 0.1) is 11.3 Å². The molecule has 0 bridgehead atoms. The zero-order valence-corrected chi connectivity index (χ0v) is 10.4. The van der Waals surface area contributed by atoms with Gasteiger partial charge in [0.15, 0.2) is 0 Å². The number of rotatable bonds is 7. The molecule has 0 aromatic rings. The van der Waals surface area contributed by atoms with Crippen LogP contribution in [-0.4, -0.2) is 24.9 Å². The molecule has 0 fully saturated rings. The monoisotopic (exact) mass is 234 g/mol. The highest BCUT2D eigenvalue weighted by Gasteiger charge is 2.28. The van der Waals surface area contributed by atoms with E-state index in [1.165, 1.54) is 0 Å². The Balaban J connectivity index is 4.32. The lowest BCUT2D eigenvalue weighted by molar-refractivity contribution is 0.218. The zero-order valence-electron chi connectivity index (χ0n) is 9.52. The lowest BCUT2D eigenvalue weighted by atomic mass is 10.0. The molecule has 2 N–H and O–H groups in total. The molecule has 0 saturated heterocycles. The van der Waals surface area contributed by atoms with Crippen molar-refractivity contribution in [3.05, 3.63) is 0 Å². The normalized spacial score (nSPS) is 15.7. The molecule has 1 unspecified atom stereocenters. The fourth-order valence-electron chi connectivity index (χ4n) is 0.985. The van der Waals surface area contributed by atoms with Crippen LogP contribution in [0.25, 0.3) is 0 Å². The van der Waals surface area contributed by atoms with Crippen LogP contribution in [0.15, 0.2) is 0 Å². The third kappa shape index (κ3) is 5.91. The lowest BCUT2D eigenvalue weighted by Gasteiger charge is -2.20. The van der Waals surface area contributed by atoms with Crippen LogP contribution in [0.1, 0.15) is 27.2 Å². The average molecular weight is 234 g/mol. The van der Waals surface area contributed by atoms with Gasteiger partial charge >= 0.3 is 7.60 Å². The topological polar surface area (TPSA) is 85.3 Å². The van der Waals surface area contributed by atoms with Crippen LogP contribution < -0.4 is 5.73 Å². The number of nitriles is 1. The van der Waals surface area contributed by atoms with E-state index in [2.05, 4.69) is 0 Å². The number of hydrogen-bond donors (Lipinski definition) is 1. The number of nitrogens with zero attached hydrogens (tertiary/aromatic N) is 1. The van der Waals surface area contributed by atoms with Crippen molar-refractivity contribution in [3.8, 4) is 6.07 Å². The minimum absolute atomic E-state index is 0.176. The fraction of sp³-hybridized carbons (Fsp3) is 0.889. The highest BCUT2D eigenvalue weighted by Crippen LogP contribution is 2.49. The first-order valence-electron chi connectivity index (χ1n) is 4.97. The van der Waals surface area contributed by atoms with Crippen LogP contribution >= 0.6 is 7.60 Å². The van der Waals surface area contributed by atoms with Gasteiger partial charge in [0, 0.05) is 0 Å². The summed E-state index contributed by atoms with van der Waals surface area (Å²) in [7, 11) is -3.06. The Morgan fingerprint density at radius 1 is 1.40 bits per heavy atom. The molecule has 0 heterocycles. The van der Waals surface area contributed by atoms with Gasteiger partial charge in [-0.2, -0.15) is 5.26 Å². The van der Waals surface area contributed by atoms with Crippen molar-refractivity contribution >= 4 is 7.60 Å². The molecule has 0 rings (SSSR count). The number of nitrogens with two attached hydrogens (primary N) is 1. The van der Waals surface area contributed by atoms with E-state index in [9.17, 15) is 4.57 Å². The first-order chi connectivity index (χ1) is 6.89. The van der Waals surface area contributed by atoms with Crippen LogP contribution in [0.2, 0.25) is 0 Å². The van der Waals surface area contributed by atoms with E-state index in [0.717, 1.165) is 0 Å². The third-order valence-electron chi connectivity index (χ3n) is 1.81. The Kier molecular flexibility index (Phi) is 6.07. The van der Waals surface area contributed by atoms with Gasteiger partial charge in [-0.05, 0) is 27.2 Å². The Morgan fingerprint density at radius 2 is 1.87 bits per heavy atom. The molecule has 0 aliphatic heterocycles. The van der Waals surface area contributed by atoms with E-state index in [-0.39, 0.29) is 6.16 Å². The Hall–Kier alpha value is -0.400. The van der Waals surface area contributed by atoms with E-state index in [4.69, 9.17) is 20.0 Å². The van der Waals surface area contributed by atoms with E-state index >= 15 is 0 Å². The molecule has 0 saturated carbocycles. The van der Waals surface area contributed by atoms with Gasteiger partial charge in [-0.1, -0.05) is 0 Å². The molecular formula is C9H19N2O3P. The van der Waals surface area contributed by atoms with Crippen molar-refractivity contribution in [2.45, 2.75) is 32.7 Å². The predicted octanol–water partition coefficient (Wildman–Crippen LogP) is 1.88. The van der Waals surface area contributed by atoms with Gasteiger partial charge < -0.3 is 14.8 Å². The van der Waals surface area contributed by atoms with Crippen molar-refractivity contribution in [1.29, 1.82) is 5.26 Å². The Labute approximate surface area is 91.1 Å². The Bertz CT molecular complexity index is 263. The Morgan fingerprint density at radius 3 is 2.20 bits per heavy atom. The molecule has 0 aliphatic rings. The first kappa shape index (κ1) is 14.6. The summed E-state index contributed by atoms with van der Waals surface area (Å²) in [6.07, 6.45) is 0.468. The first-order valence-corrected chi connectivity index (χ1v) is 6.70. The summed E-state index contributed by atoms with van der Waals surface area (Å²) < 4.78 is 22.1. The number of hydrogen-bond acceptors (Lipinski definition) is 5. The minimum atomic E-state index is -3.06. The quantitative estimate of drug-likeness (QED) is 0.680. The molecule has 0 amide bonds. The van der Waals surface area contributed by atoms with Crippen molar-refractivity contribution in [3.63, 3.8) is 0 Å². The van der Waals surface area contributed by atoms with Gasteiger partial charge in [-0.15, -0.1) is 0 Å². The zero-order chi connectivity index (χ0) is 11.9. The maximum Gasteiger partial charge on any atom is 0.330 e. The smallest absolute Gasteiger partial charge is 0.314 e. The van der Waals surface area contributed by atoms with Crippen LogP contribution in [0.5, 0.6) is 0 Å². The maximum atomic E-state index is 12.0. The summed E-state index contributed by atoms with van der Waals surface area (Å²) in [6, 6.07) is 1.94. The molecule has 0 aliphatic carbocycles. The predicted molar refractivity (Wildman–Crippen MR) is 58.5 cm³/mol. The fourth-order valence-corrected chi connectivity index (χ4v) is 2.84. The SMILES string of the molecule is CCOP(=O)(CCC(C)(N)C#N)OCC. The summed E-state index contributed by atoms with van der Waals surface area (Å²) in [4.78, 5) is 0. The van der Waals surface area contributed by atoms with E-state index < -0.39 is 13.1 Å². The molecular weight excluding hydrogens is 215 g/mol. The maximum absolute atomic E-state index is 12.0. The summed E-state index contributed by atoms with van der Waals surface area (Å²) in [5, 5.41) is 8.70. The molecule has 1 atom stereocenters. The molecule has 6 heteroatoms. The molecule has 0 aromatic heterocycles. The van der Waals surface area contributed by atoms with Gasteiger partial charge in [0.05, 0.1) is 25.4 Å². The van der Waals surface area contributed by atoms with Crippen molar-refractivity contribution in [1.82, 2.24) is 0 Å². The molecule has 15 heavy (non-hydrogen) atoms. The third-order valence-corrected chi connectivity index (χ3v) is 3.89. The van der Waals surface area contributed by atoms with Gasteiger partial charge in [0.25, 0.3) is 0 Å². The van der Waals surface area contributed by atoms with Gasteiger partial charge in [0.2, 0.25) is 0 Å². The minimum Gasteiger partial charge on any atom is -0.314 e. The van der Waals surface area contributed by atoms with Gasteiger partial charge in [-0.25, -0.2) is 0 Å². The second kappa shape index (κ2) is 6.24. The lowest BCUT2D eigenvalue weighted by Crippen LogP contribution is -2.35. The van der Waals surface area contributed by atoms with Crippen LogP contribution in [-0.2, 0) is 13.6 Å². The summed E-state index contributed by atoms with van der Waals surface area (Å²) in [5.41, 5.74) is 4.64. The van der Waals surface area contributed by atoms with Crippen molar-refractivity contribution in [2.75, 3.05) is 19.4 Å². The largest absolute Gasteiger partial charge is 0.330 e. The standard InChI is InChI=1S/C9H19N2O3P/c1-4-13-15(12,14-5-2)7-6-9(3,11)8-10/h4-7,11H2,1-3H3. The highest BCUT2D eigenvalue weighted by atomic mass is 31.2. The second-order valence-electron chi connectivity index (χ2n) is 3.45. The molecule has 0 radical (unpaired) electrons.